The van der Waals surface area contributed by atoms with Crippen LogP contribution >= 0.6 is 24.8 Å². The first-order valence-corrected chi connectivity index (χ1v) is 7.86. The van der Waals surface area contributed by atoms with Crippen molar-refractivity contribution in [2.24, 2.45) is 0 Å². The number of rotatable bonds is 6. The van der Waals surface area contributed by atoms with Gasteiger partial charge in [-0.1, -0.05) is 0 Å². The van der Waals surface area contributed by atoms with E-state index in [1.165, 1.54) is 0 Å². The second kappa shape index (κ2) is 12.7. The van der Waals surface area contributed by atoms with Crippen LogP contribution in [0.5, 0.6) is 0 Å². The number of nitrogens with zero attached hydrogens (tertiary/aromatic N) is 1. The lowest BCUT2D eigenvalue weighted by molar-refractivity contribution is -0.131. The summed E-state index contributed by atoms with van der Waals surface area (Å²) in [5.74, 6) is -0.374. The first kappa shape index (κ1) is 23.4. The van der Waals surface area contributed by atoms with E-state index in [0.717, 1.165) is 32.8 Å². The van der Waals surface area contributed by atoms with Crippen LogP contribution in [0.2, 0.25) is 0 Å². The van der Waals surface area contributed by atoms with Gasteiger partial charge in [0.2, 0.25) is 11.8 Å². The highest BCUT2D eigenvalue weighted by Crippen LogP contribution is 2.03. The minimum atomic E-state index is -0.394. The van der Waals surface area contributed by atoms with Gasteiger partial charge in [0.1, 0.15) is 6.04 Å². The quantitative estimate of drug-likeness (QED) is 0.529. The number of carbonyl (C=O) groups is 2. The van der Waals surface area contributed by atoms with Crippen LogP contribution in [-0.4, -0.2) is 87.9 Å². The van der Waals surface area contributed by atoms with Crippen LogP contribution in [0.3, 0.4) is 0 Å². The van der Waals surface area contributed by atoms with Crippen LogP contribution in [0.4, 0.5) is 0 Å². The summed E-state index contributed by atoms with van der Waals surface area (Å²) in [6.07, 6.45) is -0.182. The lowest BCUT2D eigenvalue weighted by atomic mass is 10.1. The lowest BCUT2D eigenvalue weighted by Gasteiger charge is -2.29. The summed E-state index contributed by atoms with van der Waals surface area (Å²) in [5.41, 5.74) is 0. The van der Waals surface area contributed by atoms with Crippen molar-refractivity contribution in [1.82, 2.24) is 20.9 Å². The largest absolute Gasteiger partial charge is 0.379 e. The van der Waals surface area contributed by atoms with Crippen molar-refractivity contribution in [3.8, 4) is 0 Å². The molecule has 2 aliphatic heterocycles. The number of carbonyl (C=O) groups excluding carboxylic acids is 2. The zero-order chi connectivity index (χ0) is 15.8. The van der Waals surface area contributed by atoms with Gasteiger partial charge in [0.05, 0.1) is 32.5 Å². The summed E-state index contributed by atoms with van der Waals surface area (Å²) < 4.78 is 10.7. The predicted octanol–water partition coefficient (Wildman–Crippen LogP) is -1.23. The van der Waals surface area contributed by atoms with Crippen LogP contribution < -0.4 is 16.0 Å². The topological polar surface area (TPSA) is 91.9 Å². The molecule has 0 saturated carbocycles. The maximum Gasteiger partial charge on any atom is 0.240 e. The molecule has 0 bridgehead atoms. The van der Waals surface area contributed by atoms with E-state index in [1.807, 2.05) is 6.92 Å². The van der Waals surface area contributed by atoms with Gasteiger partial charge in [0.25, 0.3) is 0 Å². The molecule has 2 amide bonds. The molecule has 2 heterocycles. The van der Waals surface area contributed by atoms with Crippen LogP contribution in [0.25, 0.3) is 0 Å². The van der Waals surface area contributed by atoms with Gasteiger partial charge >= 0.3 is 0 Å². The highest BCUT2D eigenvalue weighted by Gasteiger charge is 2.28. The van der Waals surface area contributed by atoms with Gasteiger partial charge < -0.3 is 25.4 Å². The first-order chi connectivity index (χ1) is 10.7. The molecule has 142 valence electrons. The van der Waals surface area contributed by atoms with Crippen molar-refractivity contribution in [3.63, 3.8) is 0 Å². The maximum absolute atomic E-state index is 12.0. The Morgan fingerprint density at radius 1 is 1.17 bits per heavy atom. The number of morpholine rings is 2. The van der Waals surface area contributed by atoms with Gasteiger partial charge in [-0.25, -0.2) is 0 Å². The summed E-state index contributed by atoms with van der Waals surface area (Å²) in [6, 6.07) is -0.394. The molecular formula is C14H28Cl2N4O4. The third kappa shape index (κ3) is 7.96. The Hall–Kier alpha value is -0.640. The molecule has 2 fully saturated rings. The molecule has 3 N–H and O–H groups in total. The maximum atomic E-state index is 12.0. The summed E-state index contributed by atoms with van der Waals surface area (Å²) in [7, 11) is 0. The van der Waals surface area contributed by atoms with Crippen molar-refractivity contribution >= 4 is 36.6 Å². The number of ether oxygens (including phenoxy) is 2. The van der Waals surface area contributed by atoms with E-state index >= 15 is 0 Å². The standard InChI is InChI=1S/C14H26N4O4.2ClH/c1-11-13(16-3-7-22-11)14(20)17-10-12(19)15-2-4-18-5-8-21-9-6-18;;/h11,13,16H,2-10H2,1H3,(H,15,19)(H,17,20);2*1H/t11-,13+;;/m1../s1. The third-order valence-corrected chi connectivity index (χ3v) is 3.88. The van der Waals surface area contributed by atoms with Gasteiger partial charge in [-0.05, 0) is 6.92 Å². The van der Waals surface area contributed by atoms with Gasteiger partial charge in [0, 0.05) is 32.7 Å². The van der Waals surface area contributed by atoms with E-state index in [4.69, 9.17) is 9.47 Å². The minimum Gasteiger partial charge on any atom is -0.379 e. The van der Waals surface area contributed by atoms with Crippen molar-refractivity contribution in [3.05, 3.63) is 0 Å². The number of hydrogen-bond donors (Lipinski definition) is 3. The lowest BCUT2D eigenvalue weighted by Crippen LogP contribution is -2.56. The Morgan fingerprint density at radius 2 is 1.88 bits per heavy atom. The monoisotopic (exact) mass is 386 g/mol. The summed E-state index contributed by atoms with van der Waals surface area (Å²) >= 11 is 0. The van der Waals surface area contributed by atoms with Crippen LogP contribution in [0, 0.1) is 0 Å². The Morgan fingerprint density at radius 3 is 2.54 bits per heavy atom. The van der Waals surface area contributed by atoms with Crippen molar-refractivity contribution in [2.45, 2.75) is 19.1 Å². The van der Waals surface area contributed by atoms with Gasteiger partial charge in [0.15, 0.2) is 0 Å². The fourth-order valence-corrected chi connectivity index (χ4v) is 2.55. The zero-order valence-electron chi connectivity index (χ0n) is 13.9. The molecule has 2 saturated heterocycles. The molecule has 2 rings (SSSR count). The Bertz CT molecular complexity index is 384. The van der Waals surface area contributed by atoms with Crippen molar-refractivity contribution < 1.29 is 19.1 Å². The molecule has 0 aromatic heterocycles. The fourth-order valence-electron chi connectivity index (χ4n) is 2.55. The van der Waals surface area contributed by atoms with E-state index in [2.05, 4.69) is 20.9 Å². The average molecular weight is 387 g/mol. The molecule has 2 aliphatic rings. The Labute approximate surface area is 155 Å². The fraction of sp³-hybridized carbons (Fsp3) is 0.857. The van der Waals surface area contributed by atoms with E-state index in [1.54, 1.807) is 0 Å². The molecule has 0 unspecified atom stereocenters. The summed E-state index contributed by atoms with van der Waals surface area (Å²) in [4.78, 5) is 26.0. The highest BCUT2D eigenvalue weighted by molar-refractivity contribution is 5.87. The van der Waals surface area contributed by atoms with E-state index in [9.17, 15) is 9.59 Å². The van der Waals surface area contributed by atoms with E-state index in [-0.39, 0.29) is 49.3 Å². The molecule has 0 aliphatic carbocycles. The van der Waals surface area contributed by atoms with Crippen LogP contribution in [0.1, 0.15) is 6.92 Å². The van der Waals surface area contributed by atoms with Crippen molar-refractivity contribution in [2.75, 3.05) is 59.1 Å². The van der Waals surface area contributed by atoms with E-state index in [0.29, 0.717) is 19.7 Å². The number of halogens is 2. The molecule has 0 aromatic carbocycles. The van der Waals surface area contributed by atoms with Crippen LogP contribution in [0.15, 0.2) is 0 Å². The van der Waals surface area contributed by atoms with Crippen LogP contribution in [-0.2, 0) is 19.1 Å². The molecule has 2 atom stereocenters. The van der Waals surface area contributed by atoms with Crippen molar-refractivity contribution in [1.29, 1.82) is 0 Å². The Balaban J connectivity index is 0.00000264. The Kier molecular flexibility index (Phi) is 12.3. The predicted molar refractivity (Wildman–Crippen MR) is 95.0 cm³/mol. The molecular weight excluding hydrogens is 359 g/mol. The normalized spacial score (nSPS) is 24.2. The van der Waals surface area contributed by atoms with E-state index < -0.39 is 6.04 Å². The third-order valence-electron chi connectivity index (χ3n) is 3.88. The molecule has 0 aromatic rings. The molecule has 0 radical (unpaired) electrons. The van der Waals surface area contributed by atoms with Gasteiger partial charge in [-0.15, -0.1) is 24.8 Å². The summed E-state index contributed by atoms with van der Waals surface area (Å²) in [6.45, 7) is 7.77. The summed E-state index contributed by atoms with van der Waals surface area (Å²) in [5, 5.41) is 8.55. The molecule has 10 heteroatoms. The number of amides is 2. The number of hydrogen-bond acceptors (Lipinski definition) is 6. The minimum absolute atomic E-state index is 0. The van der Waals surface area contributed by atoms with Gasteiger partial charge in [-0.3, -0.25) is 14.5 Å². The zero-order valence-corrected chi connectivity index (χ0v) is 15.5. The second-order valence-electron chi connectivity index (χ2n) is 5.53. The SMILES string of the molecule is C[C@H]1OCCN[C@@H]1C(=O)NCC(=O)NCCN1CCOCC1.Cl.Cl. The number of nitrogens with one attached hydrogen (secondary N) is 3. The second-order valence-corrected chi connectivity index (χ2v) is 5.53. The molecule has 24 heavy (non-hydrogen) atoms. The average Bonchev–Trinajstić information content (AvgIpc) is 2.54. The van der Waals surface area contributed by atoms with Gasteiger partial charge in [-0.2, -0.15) is 0 Å². The molecule has 8 nitrogen and oxygen atoms in total. The smallest absolute Gasteiger partial charge is 0.240 e. The first-order valence-electron chi connectivity index (χ1n) is 7.86. The molecule has 0 spiro atoms. The highest BCUT2D eigenvalue weighted by atomic mass is 35.5.